The SMILES string of the molecule is CCOC(=O)C1=C(C)N(c2ccc(OC)cc2)C(=O)/C1=C\c1cc(C)n(-c2ccccc2C)c1C. The summed E-state index contributed by atoms with van der Waals surface area (Å²) >= 11 is 0. The van der Waals surface area contributed by atoms with Crippen LogP contribution in [-0.2, 0) is 14.3 Å². The van der Waals surface area contributed by atoms with E-state index in [9.17, 15) is 9.59 Å². The van der Waals surface area contributed by atoms with Crippen molar-refractivity contribution in [2.75, 3.05) is 18.6 Å². The highest BCUT2D eigenvalue weighted by atomic mass is 16.5. The van der Waals surface area contributed by atoms with E-state index in [4.69, 9.17) is 9.47 Å². The maximum atomic E-state index is 13.7. The Labute approximate surface area is 206 Å². The number of hydrogen-bond donors (Lipinski definition) is 0. The summed E-state index contributed by atoms with van der Waals surface area (Å²) in [6.07, 6.45) is 1.80. The van der Waals surface area contributed by atoms with Gasteiger partial charge in [0.1, 0.15) is 5.75 Å². The molecule has 2 aromatic carbocycles. The van der Waals surface area contributed by atoms with Crippen molar-refractivity contribution in [3.63, 3.8) is 0 Å². The lowest BCUT2D eigenvalue weighted by molar-refractivity contribution is -0.138. The Hall–Kier alpha value is -4.06. The predicted molar refractivity (Wildman–Crippen MR) is 138 cm³/mol. The zero-order valence-electron chi connectivity index (χ0n) is 21.0. The number of aromatic nitrogens is 1. The lowest BCUT2D eigenvalue weighted by Crippen LogP contribution is -2.24. The molecule has 0 saturated carbocycles. The van der Waals surface area contributed by atoms with Crippen LogP contribution in [0.2, 0.25) is 0 Å². The van der Waals surface area contributed by atoms with Gasteiger partial charge in [0.25, 0.3) is 5.91 Å². The number of carbonyl (C=O) groups excluding carboxylic acids is 2. The van der Waals surface area contributed by atoms with Crippen LogP contribution >= 0.6 is 0 Å². The molecule has 0 fully saturated rings. The Morgan fingerprint density at radius 3 is 2.31 bits per heavy atom. The Balaban J connectivity index is 1.84. The third-order valence-corrected chi connectivity index (χ3v) is 6.34. The van der Waals surface area contributed by atoms with E-state index in [1.54, 1.807) is 56.2 Å². The second-order valence-electron chi connectivity index (χ2n) is 8.53. The van der Waals surface area contributed by atoms with Gasteiger partial charge in [-0.25, -0.2) is 4.79 Å². The minimum atomic E-state index is -0.506. The van der Waals surface area contributed by atoms with Gasteiger partial charge < -0.3 is 14.0 Å². The summed E-state index contributed by atoms with van der Waals surface area (Å²) in [6, 6.07) is 17.4. The maximum Gasteiger partial charge on any atom is 0.340 e. The molecule has 0 N–H and O–H groups in total. The number of benzene rings is 2. The quantitative estimate of drug-likeness (QED) is 0.344. The topological polar surface area (TPSA) is 60.8 Å². The number of hydrogen-bond acceptors (Lipinski definition) is 4. The number of amides is 1. The molecule has 2 heterocycles. The van der Waals surface area contributed by atoms with Crippen LogP contribution in [0.1, 0.15) is 36.4 Å². The second-order valence-corrected chi connectivity index (χ2v) is 8.53. The van der Waals surface area contributed by atoms with Crippen molar-refractivity contribution in [1.82, 2.24) is 4.57 Å². The molecule has 0 radical (unpaired) electrons. The van der Waals surface area contributed by atoms with Crippen molar-refractivity contribution in [3.8, 4) is 11.4 Å². The molecule has 1 amide bonds. The first-order chi connectivity index (χ1) is 16.8. The van der Waals surface area contributed by atoms with Crippen LogP contribution in [0.4, 0.5) is 5.69 Å². The van der Waals surface area contributed by atoms with Gasteiger partial charge in [0.2, 0.25) is 0 Å². The highest BCUT2D eigenvalue weighted by Gasteiger charge is 2.38. The van der Waals surface area contributed by atoms with E-state index in [0.717, 1.165) is 28.2 Å². The van der Waals surface area contributed by atoms with E-state index in [0.29, 0.717) is 22.7 Å². The first-order valence-electron chi connectivity index (χ1n) is 11.6. The number of methoxy groups -OCH3 is 1. The Kier molecular flexibility index (Phi) is 6.65. The molecule has 4 rings (SSSR count). The average Bonchev–Trinajstić information content (AvgIpc) is 3.25. The fourth-order valence-electron chi connectivity index (χ4n) is 4.60. The number of ether oxygens (including phenoxy) is 2. The molecule has 1 aromatic heterocycles. The molecule has 6 nitrogen and oxygen atoms in total. The molecular formula is C29H30N2O4. The fraction of sp³-hybridized carbons (Fsp3) is 0.241. The molecule has 1 aliphatic rings. The maximum absolute atomic E-state index is 13.7. The summed E-state index contributed by atoms with van der Waals surface area (Å²) in [4.78, 5) is 28.2. The number of carbonyl (C=O) groups is 2. The van der Waals surface area contributed by atoms with Gasteiger partial charge in [0, 0.05) is 28.5 Å². The van der Waals surface area contributed by atoms with E-state index in [1.165, 1.54) is 0 Å². The van der Waals surface area contributed by atoms with E-state index in [2.05, 4.69) is 23.6 Å². The molecule has 6 heteroatoms. The van der Waals surface area contributed by atoms with Gasteiger partial charge in [-0.2, -0.15) is 0 Å². The molecular weight excluding hydrogens is 440 g/mol. The van der Waals surface area contributed by atoms with Crippen molar-refractivity contribution >= 4 is 23.6 Å². The number of rotatable bonds is 6. The summed E-state index contributed by atoms with van der Waals surface area (Å²) in [5.74, 6) is -0.0863. The zero-order chi connectivity index (χ0) is 25.3. The predicted octanol–water partition coefficient (Wildman–Crippen LogP) is 5.68. The van der Waals surface area contributed by atoms with Crippen molar-refractivity contribution < 1.29 is 19.1 Å². The van der Waals surface area contributed by atoms with Crippen LogP contribution in [0.3, 0.4) is 0 Å². The van der Waals surface area contributed by atoms with Gasteiger partial charge >= 0.3 is 5.97 Å². The summed E-state index contributed by atoms with van der Waals surface area (Å²) < 4.78 is 12.8. The van der Waals surface area contributed by atoms with Crippen LogP contribution in [-0.4, -0.2) is 30.2 Å². The minimum Gasteiger partial charge on any atom is -0.497 e. The van der Waals surface area contributed by atoms with Gasteiger partial charge in [0.15, 0.2) is 0 Å². The minimum absolute atomic E-state index is 0.224. The van der Waals surface area contributed by atoms with Crippen LogP contribution in [0.5, 0.6) is 5.75 Å². The third-order valence-electron chi connectivity index (χ3n) is 6.34. The van der Waals surface area contributed by atoms with Crippen molar-refractivity contribution in [2.24, 2.45) is 0 Å². The van der Waals surface area contributed by atoms with Gasteiger partial charge in [0.05, 0.1) is 24.9 Å². The Bertz CT molecular complexity index is 1360. The monoisotopic (exact) mass is 470 g/mol. The molecule has 180 valence electrons. The van der Waals surface area contributed by atoms with E-state index in [1.807, 2.05) is 32.0 Å². The molecule has 35 heavy (non-hydrogen) atoms. The van der Waals surface area contributed by atoms with Crippen LogP contribution in [0.15, 0.2) is 71.4 Å². The standard InChI is InChI=1S/C29H30N2O4/c1-7-35-29(33)27-21(5)31(23-12-14-24(34-6)15-13-23)28(32)25(27)17-22-16-19(3)30(20(22)4)26-11-9-8-10-18(26)2/h8-17H,7H2,1-6H3/b25-17-. The lowest BCUT2D eigenvalue weighted by atomic mass is 10.0. The molecule has 3 aromatic rings. The van der Waals surface area contributed by atoms with Crippen molar-refractivity contribution in [2.45, 2.75) is 34.6 Å². The Morgan fingerprint density at radius 1 is 1.00 bits per heavy atom. The molecule has 0 saturated heterocycles. The van der Waals surface area contributed by atoms with E-state index >= 15 is 0 Å². The smallest absolute Gasteiger partial charge is 0.340 e. The molecule has 0 unspecified atom stereocenters. The largest absolute Gasteiger partial charge is 0.497 e. The van der Waals surface area contributed by atoms with Gasteiger partial charge in [-0.15, -0.1) is 0 Å². The van der Waals surface area contributed by atoms with Gasteiger partial charge in [-0.1, -0.05) is 18.2 Å². The molecule has 0 bridgehead atoms. The van der Waals surface area contributed by atoms with E-state index in [-0.39, 0.29) is 18.1 Å². The molecule has 1 aliphatic heterocycles. The van der Waals surface area contributed by atoms with Crippen molar-refractivity contribution in [1.29, 1.82) is 0 Å². The van der Waals surface area contributed by atoms with Gasteiger partial charge in [-0.3, -0.25) is 9.69 Å². The molecule has 0 aliphatic carbocycles. The van der Waals surface area contributed by atoms with Crippen LogP contribution < -0.4 is 9.64 Å². The average molecular weight is 471 g/mol. The summed E-state index contributed by atoms with van der Waals surface area (Å²) in [5, 5.41) is 0. The Morgan fingerprint density at radius 2 is 1.69 bits per heavy atom. The highest BCUT2D eigenvalue weighted by molar-refractivity contribution is 6.23. The first-order valence-corrected chi connectivity index (χ1v) is 11.6. The van der Waals surface area contributed by atoms with Crippen LogP contribution in [0, 0.1) is 20.8 Å². The normalized spacial score (nSPS) is 14.7. The fourth-order valence-corrected chi connectivity index (χ4v) is 4.60. The summed E-state index contributed by atoms with van der Waals surface area (Å²) in [5.41, 5.74) is 6.94. The van der Waals surface area contributed by atoms with Crippen LogP contribution in [0.25, 0.3) is 11.8 Å². The molecule has 0 spiro atoms. The number of aryl methyl sites for hydroxylation is 2. The van der Waals surface area contributed by atoms with Gasteiger partial charge in [-0.05, 0) is 88.2 Å². The number of allylic oxidation sites excluding steroid dienone is 1. The number of anilines is 1. The zero-order valence-corrected chi connectivity index (χ0v) is 21.0. The summed E-state index contributed by atoms with van der Waals surface area (Å²) in [7, 11) is 1.59. The van der Waals surface area contributed by atoms with E-state index < -0.39 is 5.97 Å². The number of nitrogens with zero attached hydrogens (tertiary/aromatic N) is 2. The third kappa shape index (κ3) is 4.28. The molecule has 0 atom stereocenters. The lowest BCUT2D eigenvalue weighted by Gasteiger charge is -2.18. The summed E-state index contributed by atoms with van der Waals surface area (Å²) in [6.45, 7) is 9.88. The second kappa shape index (κ2) is 9.66. The number of esters is 1. The number of para-hydroxylation sites is 1. The first kappa shape index (κ1) is 24.1. The highest BCUT2D eigenvalue weighted by Crippen LogP contribution is 2.37. The van der Waals surface area contributed by atoms with Crippen molar-refractivity contribution in [3.05, 3.63) is 94.0 Å².